The van der Waals surface area contributed by atoms with E-state index in [9.17, 15) is 4.79 Å². The summed E-state index contributed by atoms with van der Waals surface area (Å²) in [4.78, 5) is 34.9. The largest absolute Gasteiger partial charge is 0.483 e. The number of carbonyl (C=O) groups excluding carboxylic acids is 1. The molecule has 188 valence electrons. The Hall–Kier alpha value is -3.36. The molecule has 1 aromatic heterocycles. The van der Waals surface area contributed by atoms with Gasteiger partial charge in [-0.15, -0.1) is 0 Å². The second-order valence-electron chi connectivity index (χ2n) is 10.3. The maximum Gasteiger partial charge on any atom is 0.290 e. The molecule has 1 amide bonds. The lowest BCUT2D eigenvalue weighted by molar-refractivity contribution is -0.122. The van der Waals surface area contributed by atoms with Gasteiger partial charge in [0.15, 0.2) is 0 Å². The molecule has 2 bridgehead atoms. The number of nitrogens with zero attached hydrogens (tertiary/aromatic N) is 4. The molecular weight excluding hydrogens is 456 g/mol. The fraction of sp³-hybridized carbons (Fsp3) is 0.429. The first-order valence-electron chi connectivity index (χ1n) is 12.4. The quantitative estimate of drug-likeness (QED) is 0.562. The van der Waals surface area contributed by atoms with E-state index in [-0.39, 0.29) is 18.0 Å². The summed E-state index contributed by atoms with van der Waals surface area (Å²) in [5.41, 5.74) is 2.68. The van der Waals surface area contributed by atoms with Crippen LogP contribution in [0.1, 0.15) is 29.0 Å². The highest BCUT2D eigenvalue weighted by molar-refractivity contribution is 6.02. The minimum absolute atomic E-state index is 0.111. The first-order valence-corrected chi connectivity index (χ1v) is 12.4. The Morgan fingerprint density at radius 3 is 2.72 bits per heavy atom. The van der Waals surface area contributed by atoms with Crippen molar-refractivity contribution < 1.29 is 19.4 Å². The first-order chi connectivity index (χ1) is 17.3. The number of ether oxygens (including phenoxy) is 1. The van der Waals surface area contributed by atoms with E-state index >= 15 is 0 Å². The Labute approximate surface area is 210 Å². The lowest BCUT2D eigenvalue weighted by Crippen LogP contribution is -2.40. The number of likely N-dealkylation sites (tertiary alicyclic amines) is 1. The van der Waals surface area contributed by atoms with Crippen molar-refractivity contribution in [2.75, 3.05) is 33.7 Å². The zero-order valence-corrected chi connectivity index (χ0v) is 20.9. The van der Waals surface area contributed by atoms with Crippen molar-refractivity contribution in [2.24, 2.45) is 11.8 Å². The molecule has 3 fully saturated rings. The highest BCUT2D eigenvalue weighted by Crippen LogP contribution is 2.55. The smallest absolute Gasteiger partial charge is 0.290 e. The molecule has 6 rings (SSSR count). The number of fused-ring (bicyclic) bond motifs is 2. The van der Waals surface area contributed by atoms with Crippen LogP contribution in [0.3, 0.4) is 0 Å². The molecule has 1 spiro atoms. The lowest BCUT2D eigenvalue weighted by atomic mass is 9.73. The fourth-order valence-corrected chi connectivity index (χ4v) is 6.39. The monoisotopic (exact) mass is 488 g/mol. The molecule has 0 unspecified atom stereocenters. The normalized spacial score (nSPS) is 26.1. The number of aromatic nitrogens is 2. The topological polar surface area (TPSA) is 95.9 Å². The third-order valence-electron chi connectivity index (χ3n) is 7.87. The van der Waals surface area contributed by atoms with Crippen LogP contribution in [0.2, 0.25) is 0 Å². The predicted molar refractivity (Wildman–Crippen MR) is 137 cm³/mol. The molecule has 36 heavy (non-hydrogen) atoms. The molecule has 2 aromatic carbocycles. The molecule has 3 aliphatic heterocycles. The summed E-state index contributed by atoms with van der Waals surface area (Å²) in [6, 6.07) is 12.2. The van der Waals surface area contributed by atoms with Gasteiger partial charge in [0.1, 0.15) is 5.82 Å². The summed E-state index contributed by atoms with van der Waals surface area (Å²) in [6.45, 7) is 4.18. The van der Waals surface area contributed by atoms with Gasteiger partial charge >= 0.3 is 0 Å². The third-order valence-corrected chi connectivity index (χ3v) is 7.87. The molecule has 0 saturated carbocycles. The molecule has 4 atom stereocenters. The molecule has 8 heteroatoms. The van der Waals surface area contributed by atoms with E-state index < -0.39 is 0 Å². The van der Waals surface area contributed by atoms with Crippen LogP contribution in [-0.4, -0.2) is 82.7 Å². The minimum atomic E-state index is -0.250. The minimum Gasteiger partial charge on any atom is -0.483 e. The Balaban J connectivity index is 0.000000848. The van der Waals surface area contributed by atoms with Crippen molar-refractivity contribution in [1.82, 2.24) is 19.8 Å². The van der Waals surface area contributed by atoms with Gasteiger partial charge in [-0.2, -0.15) is 0 Å². The van der Waals surface area contributed by atoms with E-state index in [0.29, 0.717) is 17.9 Å². The fourth-order valence-electron chi connectivity index (χ4n) is 6.39. The molecule has 8 nitrogen and oxygen atoms in total. The van der Waals surface area contributed by atoms with Crippen LogP contribution in [0.15, 0.2) is 48.8 Å². The van der Waals surface area contributed by atoms with Gasteiger partial charge in [-0.1, -0.05) is 24.3 Å². The zero-order valence-electron chi connectivity index (χ0n) is 20.9. The molecule has 3 saturated heterocycles. The highest BCUT2D eigenvalue weighted by atomic mass is 16.5. The van der Waals surface area contributed by atoms with Gasteiger partial charge in [-0.25, -0.2) is 9.97 Å². The third kappa shape index (κ3) is 4.24. The van der Waals surface area contributed by atoms with Crippen molar-refractivity contribution >= 4 is 23.2 Å². The summed E-state index contributed by atoms with van der Waals surface area (Å²) in [7, 11) is 4.26. The number of aryl methyl sites for hydroxylation is 1. The number of amides is 1. The average molecular weight is 489 g/mol. The highest BCUT2D eigenvalue weighted by Gasteiger charge is 2.63. The van der Waals surface area contributed by atoms with E-state index in [1.165, 1.54) is 0 Å². The Bertz CT molecular complexity index is 1280. The van der Waals surface area contributed by atoms with Gasteiger partial charge in [0.2, 0.25) is 0 Å². The van der Waals surface area contributed by atoms with E-state index in [1.807, 2.05) is 42.4 Å². The van der Waals surface area contributed by atoms with Crippen LogP contribution in [0.5, 0.6) is 0 Å². The number of carbonyl (C=O) groups is 2. The molecule has 0 aliphatic carbocycles. The van der Waals surface area contributed by atoms with Crippen molar-refractivity contribution in [3.63, 3.8) is 0 Å². The van der Waals surface area contributed by atoms with E-state index in [2.05, 4.69) is 47.2 Å². The lowest BCUT2D eigenvalue weighted by Gasteiger charge is -2.30. The van der Waals surface area contributed by atoms with Crippen molar-refractivity contribution in [2.45, 2.75) is 31.5 Å². The SMILES string of the molecule is Cc1ncc(-c2cccc3cc(C(=O)N4C[C@H]5[C@@H](CN(C)C)[C@@H]6CC[C@@]5(C4)O6)ccc23)cn1.O=CO. The number of rotatable bonds is 4. The van der Waals surface area contributed by atoms with Gasteiger partial charge in [-0.3, -0.25) is 9.59 Å². The van der Waals surface area contributed by atoms with Crippen LogP contribution < -0.4 is 0 Å². The van der Waals surface area contributed by atoms with Crippen LogP contribution >= 0.6 is 0 Å². The first kappa shape index (κ1) is 24.3. The number of carboxylic acid groups (broad SMARTS) is 1. The summed E-state index contributed by atoms with van der Waals surface area (Å²) in [6.07, 6.45) is 6.28. The van der Waals surface area contributed by atoms with Crippen LogP contribution in [0.4, 0.5) is 0 Å². The maximum absolute atomic E-state index is 13.6. The van der Waals surface area contributed by atoms with Crippen LogP contribution in [0, 0.1) is 18.8 Å². The summed E-state index contributed by atoms with van der Waals surface area (Å²) >= 11 is 0. The number of benzene rings is 2. The predicted octanol–water partition coefficient (Wildman–Crippen LogP) is 3.49. The molecule has 3 aliphatic rings. The molecule has 1 N–H and O–H groups in total. The maximum atomic E-state index is 13.6. The summed E-state index contributed by atoms with van der Waals surface area (Å²) in [5, 5.41) is 9.05. The second kappa shape index (κ2) is 9.59. The molecule has 0 radical (unpaired) electrons. The van der Waals surface area contributed by atoms with Crippen molar-refractivity contribution in [3.05, 3.63) is 60.2 Å². The summed E-state index contributed by atoms with van der Waals surface area (Å²) in [5.74, 6) is 1.83. The number of hydrogen-bond acceptors (Lipinski definition) is 6. The number of hydrogen-bond donors (Lipinski definition) is 1. The standard InChI is InChI=1S/C27H30N4O2.CH2O2/c1-17-28-12-20(13-29-17)21-6-4-5-18-11-19(7-8-22(18)21)26(32)31-15-24-23(14-30(2)3)25-9-10-27(24,16-31)33-25;2-1-3/h4-8,11-13,23-25H,9-10,14-16H2,1-3H3;1H,(H,2,3)/t23-,24+,25+,27+;/m1./s1. The Kier molecular flexibility index (Phi) is 6.49. The Morgan fingerprint density at radius 1 is 1.25 bits per heavy atom. The summed E-state index contributed by atoms with van der Waals surface area (Å²) < 4.78 is 6.52. The van der Waals surface area contributed by atoms with Gasteiger partial charge in [-0.05, 0) is 62.3 Å². The van der Waals surface area contributed by atoms with Crippen LogP contribution in [-0.2, 0) is 9.53 Å². The van der Waals surface area contributed by atoms with Gasteiger partial charge in [0, 0.05) is 48.4 Å². The van der Waals surface area contributed by atoms with Gasteiger partial charge in [0.25, 0.3) is 12.4 Å². The van der Waals surface area contributed by atoms with E-state index in [1.54, 1.807) is 0 Å². The molecule has 3 aromatic rings. The molecule has 4 heterocycles. The van der Waals surface area contributed by atoms with Crippen LogP contribution in [0.25, 0.3) is 21.9 Å². The van der Waals surface area contributed by atoms with Crippen molar-refractivity contribution in [3.8, 4) is 11.1 Å². The van der Waals surface area contributed by atoms with E-state index in [0.717, 1.165) is 65.8 Å². The molecular formula is C28H32N4O4. The average Bonchev–Trinajstić information content (AvgIpc) is 3.53. The van der Waals surface area contributed by atoms with E-state index in [4.69, 9.17) is 14.6 Å². The Morgan fingerprint density at radius 2 is 2.00 bits per heavy atom. The second-order valence-corrected chi connectivity index (χ2v) is 10.3. The zero-order chi connectivity index (χ0) is 25.4. The van der Waals surface area contributed by atoms with Gasteiger partial charge in [0.05, 0.1) is 18.2 Å². The van der Waals surface area contributed by atoms with Crippen molar-refractivity contribution in [1.29, 1.82) is 0 Å². The van der Waals surface area contributed by atoms with Gasteiger partial charge < -0.3 is 19.6 Å².